The van der Waals surface area contributed by atoms with Crippen molar-refractivity contribution in [1.82, 2.24) is 0 Å². The lowest BCUT2D eigenvalue weighted by molar-refractivity contribution is 0.0599. The Morgan fingerprint density at radius 2 is 2.12 bits per heavy atom. The molecule has 3 unspecified atom stereocenters. The van der Waals surface area contributed by atoms with Gasteiger partial charge >= 0.3 is 0 Å². The van der Waals surface area contributed by atoms with Crippen molar-refractivity contribution in [3.63, 3.8) is 0 Å². The Bertz CT molecular complexity index is 373. The van der Waals surface area contributed by atoms with Crippen LogP contribution in [0, 0.1) is 0 Å². The molecule has 0 aliphatic heterocycles. The monoisotopic (exact) mass is 222 g/mol. The van der Waals surface area contributed by atoms with Gasteiger partial charge in [-0.1, -0.05) is 12.1 Å². The zero-order valence-electron chi connectivity index (χ0n) is 9.68. The molecule has 88 valence electrons. The predicted molar refractivity (Wildman–Crippen MR) is 61.5 cm³/mol. The highest BCUT2D eigenvalue weighted by molar-refractivity contribution is 5.44. The zero-order chi connectivity index (χ0) is 11.7. The number of ether oxygens (including phenoxy) is 1. The summed E-state index contributed by atoms with van der Waals surface area (Å²) in [5, 5.41) is 19.2. The van der Waals surface area contributed by atoms with Gasteiger partial charge in [-0.2, -0.15) is 0 Å². The molecule has 0 amide bonds. The first-order chi connectivity index (χ1) is 7.59. The molecule has 1 aromatic carbocycles. The molecule has 0 saturated heterocycles. The molecule has 3 heteroatoms. The topological polar surface area (TPSA) is 49.7 Å². The van der Waals surface area contributed by atoms with E-state index < -0.39 is 6.10 Å². The van der Waals surface area contributed by atoms with Gasteiger partial charge in [0, 0.05) is 5.56 Å². The molecule has 0 spiro atoms. The van der Waals surface area contributed by atoms with Gasteiger partial charge in [0.05, 0.1) is 12.2 Å². The Kier molecular flexibility index (Phi) is 3.17. The van der Waals surface area contributed by atoms with E-state index in [-0.39, 0.29) is 12.2 Å². The third-order valence-electron chi connectivity index (χ3n) is 3.19. The van der Waals surface area contributed by atoms with Crippen molar-refractivity contribution in [2.24, 2.45) is 0 Å². The third-order valence-corrected chi connectivity index (χ3v) is 3.19. The largest absolute Gasteiger partial charge is 0.488 e. The van der Waals surface area contributed by atoms with Crippen molar-refractivity contribution in [2.75, 3.05) is 0 Å². The fourth-order valence-corrected chi connectivity index (χ4v) is 2.01. The fraction of sp³-hybridized carbons (Fsp3) is 0.538. The molecule has 3 atom stereocenters. The van der Waals surface area contributed by atoms with Crippen LogP contribution in [0.15, 0.2) is 18.2 Å². The first-order valence-corrected chi connectivity index (χ1v) is 5.74. The number of hydrogen-bond acceptors (Lipinski definition) is 3. The molecule has 0 fully saturated rings. The first kappa shape index (κ1) is 11.4. The summed E-state index contributed by atoms with van der Waals surface area (Å²) in [5.41, 5.74) is 2.05. The van der Waals surface area contributed by atoms with Crippen molar-refractivity contribution in [1.29, 1.82) is 0 Å². The van der Waals surface area contributed by atoms with E-state index in [1.165, 1.54) is 0 Å². The minimum Gasteiger partial charge on any atom is -0.488 e. The lowest BCUT2D eigenvalue weighted by Crippen LogP contribution is -2.26. The van der Waals surface area contributed by atoms with Crippen LogP contribution in [-0.2, 0) is 6.42 Å². The molecule has 16 heavy (non-hydrogen) atoms. The Balaban J connectivity index is 2.23. The molecule has 0 aromatic heterocycles. The number of rotatable bonds is 3. The van der Waals surface area contributed by atoms with E-state index in [9.17, 15) is 10.2 Å². The lowest BCUT2D eigenvalue weighted by atomic mass is 10.1. The number of fused-ring (bicyclic) bond motifs is 1. The molecule has 1 aliphatic carbocycles. The molecule has 0 saturated carbocycles. The average molecular weight is 222 g/mol. The number of aliphatic hydroxyl groups is 2. The molecule has 0 bridgehead atoms. The third kappa shape index (κ3) is 2.06. The summed E-state index contributed by atoms with van der Waals surface area (Å²) in [6.45, 7) is 3.55. The van der Waals surface area contributed by atoms with E-state index in [0.29, 0.717) is 0 Å². The van der Waals surface area contributed by atoms with Crippen LogP contribution in [-0.4, -0.2) is 22.4 Å². The maximum absolute atomic E-state index is 9.74. The molecule has 0 heterocycles. The second kappa shape index (κ2) is 4.44. The Morgan fingerprint density at radius 3 is 2.81 bits per heavy atom. The molecule has 0 radical (unpaired) electrons. The summed E-state index contributed by atoms with van der Waals surface area (Å²) in [5.74, 6) is 0.794. The number of aliphatic hydroxyl groups excluding tert-OH is 2. The van der Waals surface area contributed by atoms with Crippen LogP contribution in [0.3, 0.4) is 0 Å². The van der Waals surface area contributed by atoms with E-state index in [2.05, 4.69) is 0 Å². The molecular weight excluding hydrogens is 204 g/mol. The van der Waals surface area contributed by atoms with Crippen molar-refractivity contribution >= 4 is 0 Å². The lowest BCUT2D eigenvalue weighted by Gasteiger charge is -2.19. The predicted octanol–water partition coefficient (Wildman–Crippen LogP) is 1.81. The van der Waals surface area contributed by atoms with E-state index in [1.54, 1.807) is 6.92 Å². The highest BCUT2D eigenvalue weighted by atomic mass is 16.5. The first-order valence-electron chi connectivity index (χ1n) is 5.74. The normalized spacial score (nSPS) is 22.6. The van der Waals surface area contributed by atoms with E-state index in [0.717, 1.165) is 29.7 Å². The maximum Gasteiger partial charge on any atom is 0.123 e. The summed E-state index contributed by atoms with van der Waals surface area (Å²) in [6, 6.07) is 5.72. The summed E-state index contributed by atoms with van der Waals surface area (Å²) in [7, 11) is 0. The van der Waals surface area contributed by atoms with Gasteiger partial charge in [-0.05, 0) is 38.3 Å². The Morgan fingerprint density at radius 1 is 1.38 bits per heavy atom. The molecule has 1 aromatic rings. The quantitative estimate of drug-likeness (QED) is 0.820. The molecular formula is C13H18O3. The van der Waals surface area contributed by atoms with Crippen LogP contribution >= 0.6 is 0 Å². The second-order valence-electron chi connectivity index (χ2n) is 4.44. The number of benzene rings is 1. The smallest absolute Gasteiger partial charge is 0.123 e. The van der Waals surface area contributed by atoms with Crippen LogP contribution in [0.5, 0.6) is 5.75 Å². The van der Waals surface area contributed by atoms with E-state index in [1.807, 2.05) is 25.1 Å². The van der Waals surface area contributed by atoms with Crippen LogP contribution < -0.4 is 4.74 Å². The summed E-state index contributed by atoms with van der Waals surface area (Å²) < 4.78 is 5.71. The van der Waals surface area contributed by atoms with Gasteiger partial charge in [0.25, 0.3) is 0 Å². The van der Waals surface area contributed by atoms with Gasteiger partial charge in [0.1, 0.15) is 11.9 Å². The zero-order valence-corrected chi connectivity index (χ0v) is 9.68. The van der Waals surface area contributed by atoms with Crippen molar-refractivity contribution in [3.8, 4) is 5.75 Å². The molecule has 1 aliphatic rings. The van der Waals surface area contributed by atoms with Gasteiger partial charge in [0.15, 0.2) is 0 Å². The SMILES string of the molecule is CC(O)C(C)Oc1cccc2c1CCC2O. The van der Waals surface area contributed by atoms with Crippen LogP contribution in [0.1, 0.15) is 37.5 Å². The van der Waals surface area contributed by atoms with Gasteiger partial charge in [-0.25, -0.2) is 0 Å². The Labute approximate surface area is 95.7 Å². The van der Waals surface area contributed by atoms with Crippen molar-refractivity contribution < 1.29 is 14.9 Å². The van der Waals surface area contributed by atoms with Gasteiger partial charge in [-0.15, -0.1) is 0 Å². The molecule has 2 rings (SSSR count). The summed E-state index contributed by atoms with van der Waals surface area (Å²) in [6.07, 6.45) is 0.518. The Hall–Kier alpha value is -1.06. The van der Waals surface area contributed by atoms with Crippen LogP contribution in [0.25, 0.3) is 0 Å². The highest BCUT2D eigenvalue weighted by Crippen LogP contribution is 2.37. The second-order valence-corrected chi connectivity index (χ2v) is 4.44. The highest BCUT2D eigenvalue weighted by Gasteiger charge is 2.24. The van der Waals surface area contributed by atoms with Gasteiger partial charge in [-0.3, -0.25) is 0 Å². The van der Waals surface area contributed by atoms with Gasteiger partial charge < -0.3 is 14.9 Å². The molecule has 3 nitrogen and oxygen atoms in total. The summed E-state index contributed by atoms with van der Waals surface area (Å²) >= 11 is 0. The van der Waals surface area contributed by atoms with E-state index >= 15 is 0 Å². The van der Waals surface area contributed by atoms with Crippen LogP contribution in [0.2, 0.25) is 0 Å². The van der Waals surface area contributed by atoms with Gasteiger partial charge in [0.2, 0.25) is 0 Å². The number of hydrogen-bond donors (Lipinski definition) is 2. The average Bonchev–Trinajstić information content (AvgIpc) is 2.62. The molecule has 2 N–H and O–H groups in total. The summed E-state index contributed by atoms with van der Waals surface area (Å²) in [4.78, 5) is 0. The van der Waals surface area contributed by atoms with Crippen molar-refractivity contribution in [3.05, 3.63) is 29.3 Å². The van der Waals surface area contributed by atoms with E-state index in [4.69, 9.17) is 4.74 Å². The van der Waals surface area contributed by atoms with Crippen LogP contribution in [0.4, 0.5) is 0 Å². The minimum absolute atomic E-state index is 0.232. The van der Waals surface area contributed by atoms with Crippen molar-refractivity contribution in [2.45, 2.75) is 45.0 Å². The standard InChI is InChI=1S/C13H18O3/c1-8(14)9(2)16-13-5-3-4-10-11(13)6-7-12(10)15/h3-5,8-9,12,14-15H,6-7H2,1-2H3. The fourth-order valence-electron chi connectivity index (χ4n) is 2.01. The minimum atomic E-state index is -0.498. The maximum atomic E-state index is 9.74.